The second-order valence-electron chi connectivity index (χ2n) is 4.27. The first-order valence-electron chi connectivity index (χ1n) is 4.52. The van der Waals surface area contributed by atoms with E-state index in [4.69, 9.17) is 5.73 Å². The Bertz CT molecular complexity index is 466. The second-order valence-corrected chi connectivity index (χ2v) is 5.92. The van der Waals surface area contributed by atoms with Crippen molar-refractivity contribution in [3.05, 3.63) is 11.1 Å². The van der Waals surface area contributed by atoms with Crippen LogP contribution in [0.1, 0.15) is 26.5 Å². The lowest BCUT2D eigenvalue weighted by Crippen LogP contribution is -2.13. The molecular formula is C9H12N4S2. The minimum Gasteiger partial charge on any atom is -0.375 e. The molecular weight excluding hydrogens is 228 g/mol. The quantitative estimate of drug-likeness (QED) is 0.832. The highest BCUT2D eigenvalue weighted by Gasteiger charge is 2.24. The average molecular weight is 240 g/mol. The summed E-state index contributed by atoms with van der Waals surface area (Å²) in [5, 5.41) is 6.69. The summed E-state index contributed by atoms with van der Waals surface area (Å²) in [6, 6.07) is 0. The normalized spacial score (nSPS) is 11.9. The van der Waals surface area contributed by atoms with Gasteiger partial charge in [-0.1, -0.05) is 25.3 Å². The molecule has 0 aliphatic carbocycles. The molecule has 0 bridgehead atoms. The molecule has 0 fully saturated rings. The molecule has 4 nitrogen and oxygen atoms in total. The SMILES string of the molecule is CC(C)(C)c1nnsc1-c1csc(N)n1. The van der Waals surface area contributed by atoms with Crippen molar-refractivity contribution in [2.75, 3.05) is 5.73 Å². The third kappa shape index (κ3) is 2.00. The van der Waals surface area contributed by atoms with Crippen molar-refractivity contribution in [2.45, 2.75) is 26.2 Å². The highest BCUT2D eigenvalue weighted by Crippen LogP contribution is 2.34. The van der Waals surface area contributed by atoms with Crippen LogP contribution in [0.15, 0.2) is 5.38 Å². The number of hydrogen-bond donors (Lipinski definition) is 1. The zero-order valence-corrected chi connectivity index (χ0v) is 10.4. The van der Waals surface area contributed by atoms with Crippen molar-refractivity contribution in [1.29, 1.82) is 0 Å². The Morgan fingerprint density at radius 3 is 2.60 bits per heavy atom. The predicted molar refractivity (Wildman–Crippen MR) is 64.1 cm³/mol. The molecule has 2 N–H and O–H groups in total. The molecule has 0 aliphatic heterocycles. The lowest BCUT2D eigenvalue weighted by molar-refractivity contribution is 0.568. The Kier molecular flexibility index (Phi) is 2.47. The van der Waals surface area contributed by atoms with Gasteiger partial charge in [0.2, 0.25) is 0 Å². The summed E-state index contributed by atoms with van der Waals surface area (Å²) in [7, 11) is 0. The Labute approximate surface area is 96.3 Å². The van der Waals surface area contributed by atoms with E-state index in [1.807, 2.05) is 5.38 Å². The number of hydrogen-bond acceptors (Lipinski definition) is 6. The highest BCUT2D eigenvalue weighted by molar-refractivity contribution is 7.14. The molecule has 0 aromatic carbocycles. The Hall–Kier alpha value is -1.01. The van der Waals surface area contributed by atoms with Crippen LogP contribution < -0.4 is 5.73 Å². The van der Waals surface area contributed by atoms with Crippen molar-refractivity contribution in [2.24, 2.45) is 0 Å². The fourth-order valence-corrected chi connectivity index (χ4v) is 2.71. The maximum absolute atomic E-state index is 5.62. The van der Waals surface area contributed by atoms with Crippen LogP contribution in [0, 0.1) is 0 Å². The van der Waals surface area contributed by atoms with Crippen LogP contribution in [0.4, 0.5) is 5.13 Å². The summed E-state index contributed by atoms with van der Waals surface area (Å²) in [6.07, 6.45) is 0. The van der Waals surface area contributed by atoms with Gasteiger partial charge in [-0.25, -0.2) is 4.98 Å². The van der Waals surface area contributed by atoms with Crippen LogP contribution in [0.25, 0.3) is 10.6 Å². The first-order chi connectivity index (χ1) is 6.98. The van der Waals surface area contributed by atoms with Crippen molar-refractivity contribution in [1.82, 2.24) is 14.6 Å². The molecule has 2 rings (SSSR count). The van der Waals surface area contributed by atoms with E-state index >= 15 is 0 Å². The summed E-state index contributed by atoms with van der Waals surface area (Å²) in [5.74, 6) is 0. The number of nitrogens with zero attached hydrogens (tertiary/aromatic N) is 3. The maximum atomic E-state index is 5.62. The molecule has 15 heavy (non-hydrogen) atoms. The van der Waals surface area contributed by atoms with Crippen LogP contribution in [0.5, 0.6) is 0 Å². The van der Waals surface area contributed by atoms with Gasteiger partial charge in [0.15, 0.2) is 5.13 Å². The molecule has 0 saturated carbocycles. The summed E-state index contributed by atoms with van der Waals surface area (Å²) < 4.78 is 3.99. The van der Waals surface area contributed by atoms with Gasteiger partial charge in [0.1, 0.15) is 0 Å². The molecule has 80 valence electrons. The molecule has 2 aromatic heterocycles. The molecule has 2 heterocycles. The standard InChI is InChI=1S/C9H12N4S2/c1-9(2,3)7-6(15-13-12-7)5-4-14-8(10)11-5/h4H,1-3H3,(H2,10,11). The average Bonchev–Trinajstić information content (AvgIpc) is 2.68. The summed E-state index contributed by atoms with van der Waals surface area (Å²) >= 11 is 2.81. The third-order valence-corrected chi connectivity index (χ3v) is 3.38. The van der Waals surface area contributed by atoms with Gasteiger partial charge in [0.25, 0.3) is 0 Å². The zero-order chi connectivity index (χ0) is 11.1. The molecule has 0 atom stereocenters. The maximum Gasteiger partial charge on any atom is 0.180 e. The van der Waals surface area contributed by atoms with Gasteiger partial charge in [-0.3, -0.25) is 0 Å². The first-order valence-corrected chi connectivity index (χ1v) is 6.18. The lowest BCUT2D eigenvalue weighted by atomic mass is 9.91. The number of aromatic nitrogens is 3. The summed E-state index contributed by atoms with van der Waals surface area (Å²) in [5.41, 5.74) is 7.47. The third-order valence-electron chi connectivity index (χ3n) is 1.95. The van der Waals surface area contributed by atoms with Gasteiger partial charge in [-0.05, 0) is 11.5 Å². The Balaban J connectivity index is 2.50. The minimum atomic E-state index is -0.0132. The van der Waals surface area contributed by atoms with Gasteiger partial charge in [0.05, 0.1) is 16.3 Å². The predicted octanol–water partition coefficient (Wildman–Crippen LogP) is 2.54. The molecule has 0 saturated heterocycles. The summed E-state index contributed by atoms with van der Waals surface area (Å²) in [4.78, 5) is 5.28. The molecule has 0 radical (unpaired) electrons. The smallest absolute Gasteiger partial charge is 0.180 e. The minimum absolute atomic E-state index is 0.0132. The Morgan fingerprint density at radius 1 is 1.33 bits per heavy atom. The van der Waals surface area contributed by atoms with E-state index in [9.17, 15) is 0 Å². The molecule has 6 heteroatoms. The van der Waals surface area contributed by atoms with Gasteiger partial charge in [-0.2, -0.15) is 0 Å². The van der Waals surface area contributed by atoms with Gasteiger partial charge >= 0.3 is 0 Å². The van der Waals surface area contributed by atoms with Crippen molar-refractivity contribution in [3.8, 4) is 10.6 Å². The van der Waals surface area contributed by atoms with E-state index in [1.54, 1.807) is 0 Å². The van der Waals surface area contributed by atoms with Crippen LogP contribution in [0.3, 0.4) is 0 Å². The van der Waals surface area contributed by atoms with E-state index in [1.165, 1.54) is 22.9 Å². The van der Waals surface area contributed by atoms with Crippen LogP contribution in [0.2, 0.25) is 0 Å². The van der Waals surface area contributed by atoms with Gasteiger partial charge < -0.3 is 5.73 Å². The monoisotopic (exact) mass is 240 g/mol. The molecule has 0 unspecified atom stereocenters. The topological polar surface area (TPSA) is 64.7 Å². The first kappa shape index (κ1) is 10.5. The van der Waals surface area contributed by atoms with Crippen molar-refractivity contribution >= 4 is 28.0 Å². The molecule has 2 aromatic rings. The van der Waals surface area contributed by atoms with E-state index in [0.29, 0.717) is 5.13 Å². The van der Waals surface area contributed by atoms with E-state index in [2.05, 4.69) is 35.3 Å². The fraction of sp³-hybridized carbons (Fsp3) is 0.444. The van der Waals surface area contributed by atoms with Crippen molar-refractivity contribution in [3.63, 3.8) is 0 Å². The number of rotatable bonds is 1. The van der Waals surface area contributed by atoms with Crippen LogP contribution >= 0.6 is 22.9 Å². The molecule has 0 amide bonds. The van der Waals surface area contributed by atoms with Crippen LogP contribution in [-0.4, -0.2) is 14.6 Å². The Morgan fingerprint density at radius 2 is 2.07 bits per heavy atom. The molecule has 0 aliphatic rings. The van der Waals surface area contributed by atoms with Gasteiger partial charge in [-0.15, -0.1) is 16.4 Å². The number of anilines is 1. The van der Waals surface area contributed by atoms with Gasteiger partial charge in [0, 0.05) is 10.8 Å². The second kappa shape index (κ2) is 3.53. The molecule has 0 spiro atoms. The number of thiazole rings is 1. The van der Waals surface area contributed by atoms with E-state index in [0.717, 1.165) is 16.3 Å². The van der Waals surface area contributed by atoms with E-state index < -0.39 is 0 Å². The highest BCUT2D eigenvalue weighted by atomic mass is 32.1. The largest absolute Gasteiger partial charge is 0.375 e. The number of nitrogens with two attached hydrogens (primary N) is 1. The summed E-state index contributed by atoms with van der Waals surface area (Å²) in [6.45, 7) is 6.34. The van der Waals surface area contributed by atoms with E-state index in [-0.39, 0.29) is 5.41 Å². The lowest BCUT2D eigenvalue weighted by Gasteiger charge is -2.15. The van der Waals surface area contributed by atoms with Crippen molar-refractivity contribution < 1.29 is 0 Å². The van der Waals surface area contributed by atoms with Crippen LogP contribution in [-0.2, 0) is 5.41 Å². The number of nitrogen functional groups attached to an aromatic ring is 1. The zero-order valence-electron chi connectivity index (χ0n) is 8.81. The fourth-order valence-electron chi connectivity index (χ4n) is 1.24.